The summed E-state index contributed by atoms with van der Waals surface area (Å²) < 4.78 is 39.0. The summed E-state index contributed by atoms with van der Waals surface area (Å²) in [5.41, 5.74) is 2.52. The van der Waals surface area contributed by atoms with Crippen LogP contribution in [0.2, 0.25) is 0 Å². The molecule has 1 nitrogen and oxygen atoms in total. The van der Waals surface area contributed by atoms with Gasteiger partial charge in [-0.2, -0.15) is 13.2 Å². The van der Waals surface area contributed by atoms with Crippen LogP contribution in [-0.2, 0) is 19.3 Å². The molecule has 1 aliphatic rings. The van der Waals surface area contributed by atoms with Crippen molar-refractivity contribution in [2.24, 2.45) is 0 Å². The second-order valence-electron chi connectivity index (χ2n) is 4.63. The van der Waals surface area contributed by atoms with Crippen LogP contribution in [0.4, 0.5) is 13.2 Å². The molecule has 0 amide bonds. The zero-order valence-electron chi connectivity index (χ0n) is 10.1. The number of nitrogens with one attached hydrogen (secondary N) is 1. The smallest absolute Gasteiger partial charge is 0.309 e. The van der Waals surface area contributed by atoms with Gasteiger partial charge in [0, 0.05) is 13.1 Å². The first kappa shape index (κ1) is 12.2. The molecule has 0 unspecified atom stereocenters. The van der Waals surface area contributed by atoms with Crippen LogP contribution in [0.15, 0.2) is 42.5 Å². The number of hydrogen-bond donors (Lipinski definition) is 1. The second-order valence-corrected chi connectivity index (χ2v) is 4.63. The maximum atomic E-state index is 13.0. The predicted octanol–water partition coefficient (Wildman–Crippen LogP) is 3.98. The van der Waals surface area contributed by atoms with Crippen molar-refractivity contribution in [2.75, 3.05) is 0 Å². The molecule has 0 radical (unpaired) electrons. The normalized spacial score (nSPS) is 14.5. The van der Waals surface area contributed by atoms with Crippen LogP contribution in [0.5, 0.6) is 0 Å². The molecule has 0 spiro atoms. The molecule has 4 heteroatoms. The highest BCUT2D eigenvalue weighted by Crippen LogP contribution is 2.37. The number of hydrogen-bond acceptors (Lipinski definition) is 1. The molecule has 0 fully saturated rings. The van der Waals surface area contributed by atoms with E-state index in [4.69, 9.17) is 0 Å². The van der Waals surface area contributed by atoms with Crippen LogP contribution in [0.1, 0.15) is 16.7 Å². The van der Waals surface area contributed by atoms with Crippen molar-refractivity contribution in [3.63, 3.8) is 0 Å². The first-order valence-electron chi connectivity index (χ1n) is 6.05. The van der Waals surface area contributed by atoms with Crippen molar-refractivity contribution in [3.05, 3.63) is 59.2 Å². The van der Waals surface area contributed by atoms with Gasteiger partial charge in [-0.1, -0.05) is 30.3 Å². The van der Waals surface area contributed by atoms with E-state index in [0.29, 0.717) is 5.56 Å². The van der Waals surface area contributed by atoms with Gasteiger partial charge in [0.15, 0.2) is 0 Å². The number of benzene rings is 2. The first-order chi connectivity index (χ1) is 9.05. The van der Waals surface area contributed by atoms with Gasteiger partial charge in [-0.3, -0.25) is 0 Å². The summed E-state index contributed by atoms with van der Waals surface area (Å²) in [5, 5.41) is 3.19. The molecular weight excluding hydrogens is 251 g/mol. The molecule has 0 saturated heterocycles. The standard InChI is InChI=1S/C15H12F3N/c16-15(17,18)14-4-2-1-3-13(14)10-5-6-11-8-19-9-12(11)7-10/h1-7,19H,8-9H2. The number of fused-ring (bicyclic) bond motifs is 1. The van der Waals surface area contributed by atoms with E-state index in [2.05, 4.69) is 5.32 Å². The molecule has 0 saturated carbocycles. The minimum atomic E-state index is -4.33. The van der Waals surface area contributed by atoms with Crippen molar-refractivity contribution < 1.29 is 13.2 Å². The van der Waals surface area contributed by atoms with Crippen LogP contribution in [-0.4, -0.2) is 0 Å². The summed E-state index contributed by atoms with van der Waals surface area (Å²) in [4.78, 5) is 0. The summed E-state index contributed by atoms with van der Waals surface area (Å²) in [6.07, 6.45) is -4.33. The molecule has 0 atom stereocenters. The highest BCUT2D eigenvalue weighted by atomic mass is 19.4. The predicted molar refractivity (Wildman–Crippen MR) is 67.4 cm³/mol. The number of alkyl halides is 3. The maximum absolute atomic E-state index is 13.0. The fraction of sp³-hybridized carbons (Fsp3) is 0.200. The van der Waals surface area contributed by atoms with Gasteiger partial charge in [0.1, 0.15) is 0 Å². The fourth-order valence-electron chi connectivity index (χ4n) is 2.44. The summed E-state index contributed by atoms with van der Waals surface area (Å²) in [7, 11) is 0. The molecule has 2 aromatic rings. The Morgan fingerprint density at radius 1 is 0.895 bits per heavy atom. The van der Waals surface area contributed by atoms with Crippen molar-refractivity contribution >= 4 is 0 Å². The minimum absolute atomic E-state index is 0.240. The molecule has 2 aromatic carbocycles. The van der Waals surface area contributed by atoms with E-state index in [1.54, 1.807) is 12.1 Å². The lowest BCUT2D eigenvalue weighted by Crippen LogP contribution is -2.06. The molecule has 1 heterocycles. The lowest BCUT2D eigenvalue weighted by atomic mass is 9.96. The van der Waals surface area contributed by atoms with E-state index in [9.17, 15) is 13.2 Å². The summed E-state index contributed by atoms with van der Waals surface area (Å²) in [6.45, 7) is 1.51. The van der Waals surface area contributed by atoms with Gasteiger partial charge in [0.2, 0.25) is 0 Å². The lowest BCUT2D eigenvalue weighted by molar-refractivity contribution is -0.137. The zero-order chi connectivity index (χ0) is 13.5. The largest absolute Gasteiger partial charge is 0.417 e. The average molecular weight is 263 g/mol. The van der Waals surface area contributed by atoms with Crippen molar-refractivity contribution in [3.8, 4) is 11.1 Å². The average Bonchev–Trinajstić information content (AvgIpc) is 2.85. The first-order valence-corrected chi connectivity index (χ1v) is 6.05. The van der Waals surface area contributed by atoms with Gasteiger partial charge in [-0.05, 0) is 34.4 Å². The lowest BCUT2D eigenvalue weighted by Gasteiger charge is -2.13. The Kier molecular flexibility index (Phi) is 2.82. The third kappa shape index (κ3) is 2.24. The summed E-state index contributed by atoms with van der Waals surface area (Å²) in [6, 6.07) is 11.2. The Hall–Kier alpha value is -1.81. The van der Waals surface area contributed by atoms with Gasteiger partial charge >= 0.3 is 6.18 Å². The third-order valence-corrected chi connectivity index (χ3v) is 3.38. The maximum Gasteiger partial charge on any atom is 0.417 e. The van der Waals surface area contributed by atoms with Gasteiger partial charge in [0.05, 0.1) is 5.56 Å². The monoisotopic (exact) mass is 263 g/mol. The van der Waals surface area contributed by atoms with Gasteiger partial charge < -0.3 is 5.32 Å². The Labute approximate surface area is 109 Å². The number of rotatable bonds is 1. The zero-order valence-corrected chi connectivity index (χ0v) is 10.1. The van der Waals surface area contributed by atoms with Crippen LogP contribution in [0.3, 0.4) is 0 Å². The molecule has 19 heavy (non-hydrogen) atoms. The van der Waals surface area contributed by atoms with Gasteiger partial charge in [0.25, 0.3) is 0 Å². The fourth-order valence-corrected chi connectivity index (χ4v) is 2.44. The minimum Gasteiger partial charge on any atom is -0.309 e. The van der Waals surface area contributed by atoms with E-state index in [1.807, 2.05) is 12.1 Å². The SMILES string of the molecule is FC(F)(F)c1ccccc1-c1ccc2c(c1)CNC2. The van der Waals surface area contributed by atoms with Crippen LogP contribution in [0, 0.1) is 0 Å². The Balaban J connectivity index is 2.12. The molecule has 1 aliphatic heterocycles. The van der Waals surface area contributed by atoms with Crippen LogP contribution >= 0.6 is 0 Å². The molecule has 0 aliphatic carbocycles. The summed E-state index contributed by atoms with van der Waals surface area (Å²) >= 11 is 0. The quantitative estimate of drug-likeness (QED) is 0.820. The van der Waals surface area contributed by atoms with Crippen LogP contribution in [0.25, 0.3) is 11.1 Å². The Morgan fingerprint density at radius 3 is 2.42 bits per heavy atom. The molecule has 0 bridgehead atoms. The van der Waals surface area contributed by atoms with E-state index < -0.39 is 11.7 Å². The highest BCUT2D eigenvalue weighted by molar-refractivity contribution is 5.69. The molecule has 1 N–H and O–H groups in total. The third-order valence-electron chi connectivity index (χ3n) is 3.38. The van der Waals surface area contributed by atoms with Crippen LogP contribution < -0.4 is 5.32 Å². The summed E-state index contributed by atoms with van der Waals surface area (Å²) in [5.74, 6) is 0. The van der Waals surface area contributed by atoms with Crippen molar-refractivity contribution in [1.82, 2.24) is 5.32 Å². The van der Waals surface area contributed by atoms with Crippen molar-refractivity contribution in [2.45, 2.75) is 19.3 Å². The molecule has 98 valence electrons. The number of halogens is 3. The van der Waals surface area contributed by atoms with E-state index in [-0.39, 0.29) is 5.56 Å². The van der Waals surface area contributed by atoms with Crippen molar-refractivity contribution in [1.29, 1.82) is 0 Å². The van der Waals surface area contributed by atoms with E-state index >= 15 is 0 Å². The molecule has 0 aromatic heterocycles. The van der Waals surface area contributed by atoms with E-state index in [1.165, 1.54) is 12.1 Å². The van der Waals surface area contributed by atoms with Gasteiger partial charge in [-0.15, -0.1) is 0 Å². The molecular formula is C15H12F3N. The Bertz CT molecular complexity index is 617. The topological polar surface area (TPSA) is 12.0 Å². The highest BCUT2D eigenvalue weighted by Gasteiger charge is 2.33. The Morgan fingerprint density at radius 2 is 1.63 bits per heavy atom. The van der Waals surface area contributed by atoms with E-state index in [0.717, 1.165) is 30.3 Å². The second kappa shape index (κ2) is 4.38. The van der Waals surface area contributed by atoms with Gasteiger partial charge in [-0.25, -0.2) is 0 Å². The molecule has 3 rings (SSSR count).